The summed E-state index contributed by atoms with van der Waals surface area (Å²) in [4.78, 5) is 11.7. The van der Waals surface area contributed by atoms with Crippen LogP contribution in [0, 0.1) is 0 Å². The van der Waals surface area contributed by atoms with Gasteiger partial charge in [0.25, 0.3) is 0 Å². The van der Waals surface area contributed by atoms with Gasteiger partial charge in [-0.2, -0.15) is 0 Å². The van der Waals surface area contributed by atoms with Crippen molar-refractivity contribution in [2.45, 2.75) is 19.3 Å². The molecule has 2 rings (SSSR count). The summed E-state index contributed by atoms with van der Waals surface area (Å²) in [6.07, 6.45) is 3.07. The highest BCUT2D eigenvalue weighted by atomic mass is 16.2. The van der Waals surface area contributed by atoms with E-state index < -0.39 is 0 Å². The topological polar surface area (TPSA) is 67.1 Å². The molecule has 0 aliphatic heterocycles. The summed E-state index contributed by atoms with van der Waals surface area (Å²) in [6, 6.07) is 17.3. The Labute approximate surface area is 125 Å². The zero-order valence-corrected chi connectivity index (χ0v) is 12.0. The second-order valence-corrected chi connectivity index (χ2v) is 4.95. The van der Waals surface area contributed by atoms with Crippen LogP contribution < -0.4 is 16.4 Å². The number of anilines is 2. The molecule has 4 heteroatoms. The zero-order chi connectivity index (χ0) is 14.9. The predicted octanol–water partition coefficient (Wildman–Crippen LogP) is 3.41. The van der Waals surface area contributed by atoms with E-state index in [1.807, 2.05) is 18.2 Å². The molecule has 0 aliphatic rings. The zero-order valence-electron chi connectivity index (χ0n) is 12.0. The number of hydrogen-bond acceptors (Lipinski definition) is 2. The van der Waals surface area contributed by atoms with E-state index in [0.717, 1.165) is 24.9 Å². The number of amides is 2. The van der Waals surface area contributed by atoms with Gasteiger partial charge in [0, 0.05) is 17.9 Å². The number of unbranched alkanes of at least 4 members (excludes halogenated alkanes) is 1. The SMILES string of the molecule is Nc1ccc(NC(=O)NCCCCc2ccccc2)cc1. The number of rotatable bonds is 6. The van der Waals surface area contributed by atoms with Crippen molar-refractivity contribution in [3.8, 4) is 0 Å². The van der Waals surface area contributed by atoms with Crippen LogP contribution in [-0.2, 0) is 6.42 Å². The summed E-state index contributed by atoms with van der Waals surface area (Å²) in [6.45, 7) is 0.674. The Kier molecular flexibility index (Phi) is 5.64. The lowest BCUT2D eigenvalue weighted by molar-refractivity contribution is 0.252. The molecule has 0 saturated carbocycles. The van der Waals surface area contributed by atoms with Crippen molar-refractivity contribution in [1.29, 1.82) is 0 Å². The maximum absolute atomic E-state index is 11.7. The first-order valence-corrected chi connectivity index (χ1v) is 7.18. The van der Waals surface area contributed by atoms with E-state index in [-0.39, 0.29) is 6.03 Å². The number of carbonyl (C=O) groups is 1. The first kappa shape index (κ1) is 14.9. The van der Waals surface area contributed by atoms with Gasteiger partial charge in [-0.15, -0.1) is 0 Å². The molecule has 0 saturated heterocycles. The summed E-state index contributed by atoms with van der Waals surface area (Å²) in [7, 11) is 0. The van der Waals surface area contributed by atoms with Crippen LogP contribution in [0.2, 0.25) is 0 Å². The second kappa shape index (κ2) is 7.94. The number of hydrogen-bond donors (Lipinski definition) is 3. The van der Waals surface area contributed by atoms with E-state index in [2.05, 4.69) is 22.8 Å². The van der Waals surface area contributed by atoms with Gasteiger partial charge in [-0.3, -0.25) is 0 Å². The van der Waals surface area contributed by atoms with Crippen molar-refractivity contribution in [3.05, 3.63) is 60.2 Å². The third-order valence-electron chi connectivity index (χ3n) is 3.19. The van der Waals surface area contributed by atoms with Crippen molar-refractivity contribution in [2.24, 2.45) is 0 Å². The van der Waals surface area contributed by atoms with Crippen LogP contribution in [0.25, 0.3) is 0 Å². The maximum atomic E-state index is 11.7. The van der Waals surface area contributed by atoms with Gasteiger partial charge >= 0.3 is 6.03 Å². The summed E-state index contributed by atoms with van der Waals surface area (Å²) >= 11 is 0. The summed E-state index contributed by atoms with van der Waals surface area (Å²) < 4.78 is 0. The van der Waals surface area contributed by atoms with Crippen molar-refractivity contribution in [3.63, 3.8) is 0 Å². The first-order valence-electron chi connectivity index (χ1n) is 7.18. The van der Waals surface area contributed by atoms with E-state index in [1.54, 1.807) is 24.3 Å². The van der Waals surface area contributed by atoms with E-state index in [0.29, 0.717) is 12.2 Å². The molecule has 0 fully saturated rings. The highest BCUT2D eigenvalue weighted by molar-refractivity contribution is 5.89. The van der Waals surface area contributed by atoms with Crippen molar-refractivity contribution >= 4 is 17.4 Å². The summed E-state index contributed by atoms with van der Waals surface area (Å²) in [5.74, 6) is 0. The Morgan fingerprint density at radius 2 is 1.67 bits per heavy atom. The van der Waals surface area contributed by atoms with E-state index in [4.69, 9.17) is 5.73 Å². The minimum atomic E-state index is -0.181. The lowest BCUT2D eigenvalue weighted by Gasteiger charge is -2.08. The molecule has 0 aliphatic carbocycles. The van der Waals surface area contributed by atoms with Crippen LogP contribution in [0.4, 0.5) is 16.2 Å². The molecule has 0 radical (unpaired) electrons. The van der Waals surface area contributed by atoms with E-state index in [9.17, 15) is 4.79 Å². The van der Waals surface area contributed by atoms with Crippen LogP contribution in [0.3, 0.4) is 0 Å². The smallest absolute Gasteiger partial charge is 0.319 e. The lowest BCUT2D eigenvalue weighted by Crippen LogP contribution is -2.29. The number of aryl methyl sites for hydroxylation is 1. The van der Waals surface area contributed by atoms with Crippen LogP contribution in [-0.4, -0.2) is 12.6 Å². The van der Waals surface area contributed by atoms with Gasteiger partial charge in [0.1, 0.15) is 0 Å². The van der Waals surface area contributed by atoms with Crippen LogP contribution >= 0.6 is 0 Å². The minimum absolute atomic E-state index is 0.181. The Bertz CT molecular complexity index is 552. The maximum Gasteiger partial charge on any atom is 0.319 e. The Morgan fingerprint density at radius 1 is 0.952 bits per heavy atom. The Balaban J connectivity index is 1.60. The molecular weight excluding hydrogens is 262 g/mol. The Hall–Kier alpha value is -2.49. The number of urea groups is 1. The standard InChI is InChI=1S/C17H21N3O/c18-15-9-11-16(12-10-15)20-17(21)19-13-5-4-8-14-6-2-1-3-7-14/h1-3,6-7,9-12H,4-5,8,13,18H2,(H2,19,20,21). The molecule has 2 aromatic carbocycles. The molecule has 0 bridgehead atoms. The number of benzene rings is 2. The molecule has 21 heavy (non-hydrogen) atoms. The van der Waals surface area contributed by atoms with Crippen LogP contribution in [0.1, 0.15) is 18.4 Å². The molecule has 0 heterocycles. The van der Waals surface area contributed by atoms with Gasteiger partial charge < -0.3 is 16.4 Å². The average molecular weight is 283 g/mol. The molecule has 4 N–H and O–H groups in total. The molecule has 4 nitrogen and oxygen atoms in total. The third kappa shape index (κ3) is 5.57. The molecule has 0 unspecified atom stereocenters. The quantitative estimate of drug-likeness (QED) is 0.562. The molecule has 110 valence electrons. The summed E-state index contributed by atoms with van der Waals surface area (Å²) in [5, 5.41) is 5.62. The molecular formula is C17H21N3O. The second-order valence-electron chi connectivity index (χ2n) is 4.95. The van der Waals surface area contributed by atoms with Crippen LogP contribution in [0.5, 0.6) is 0 Å². The Morgan fingerprint density at radius 3 is 2.38 bits per heavy atom. The van der Waals surface area contributed by atoms with Crippen LogP contribution in [0.15, 0.2) is 54.6 Å². The van der Waals surface area contributed by atoms with Gasteiger partial charge in [-0.25, -0.2) is 4.79 Å². The lowest BCUT2D eigenvalue weighted by atomic mass is 10.1. The van der Waals surface area contributed by atoms with E-state index >= 15 is 0 Å². The number of nitrogen functional groups attached to an aromatic ring is 1. The fourth-order valence-corrected chi connectivity index (χ4v) is 2.04. The number of nitrogens with one attached hydrogen (secondary N) is 2. The van der Waals surface area contributed by atoms with Gasteiger partial charge in [-0.05, 0) is 49.1 Å². The highest BCUT2D eigenvalue weighted by Gasteiger charge is 2.00. The van der Waals surface area contributed by atoms with Gasteiger partial charge in [0.15, 0.2) is 0 Å². The molecule has 0 spiro atoms. The average Bonchev–Trinajstić information content (AvgIpc) is 2.50. The molecule has 0 atom stereocenters. The molecule has 2 aromatic rings. The van der Waals surface area contributed by atoms with Crippen molar-refractivity contribution in [1.82, 2.24) is 5.32 Å². The monoisotopic (exact) mass is 283 g/mol. The first-order chi connectivity index (χ1) is 10.2. The van der Waals surface area contributed by atoms with Gasteiger partial charge in [0.2, 0.25) is 0 Å². The normalized spacial score (nSPS) is 10.1. The van der Waals surface area contributed by atoms with Crippen molar-refractivity contribution in [2.75, 3.05) is 17.6 Å². The number of carbonyl (C=O) groups excluding carboxylic acids is 1. The largest absolute Gasteiger partial charge is 0.399 e. The van der Waals surface area contributed by atoms with Crippen molar-refractivity contribution < 1.29 is 4.79 Å². The molecule has 0 aromatic heterocycles. The van der Waals surface area contributed by atoms with Gasteiger partial charge in [0.05, 0.1) is 0 Å². The number of nitrogens with two attached hydrogens (primary N) is 1. The minimum Gasteiger partial charge on any atom is -0.399 e. The fraction of sp³-hybridized carbons (Fsp3) is 0.235. The van der Waals surface area contributed by atoms with E-state index in [1.165, 1.54) is 5.56 Å². The fourth-order valence-electron chi connectivity index (χ4n) is 2.04. The highest BCUT2D eigenvalue weighted by Crippen LogP contribution is 2.10. The summed E-state index contributed by atoms with van der Waals surface area (Å²) in [5.41, 5.74) is 8.35. The third-order valence-corrected chi connectivity index (χ3v) is 3.19. The predicted molar refractivity (Wildman–Crippen MR) is 87.3 cm³/mol. The molecule has 2 amide bonds. The van der Waals surface area contributed by atoms with Gasteiger partial charge in [-0.1, -0.05) is 30.3 Å².